The lowest BCUT2D eigenvalue weighted by atomic mass is 10.3. The molecule has 106 valence electrons. The van der Waals surface area contributed by atoms with Gasteiger partial charge in [-0.3, -0.25) is 0 Å². The van der Waals surface area contributed by atoms with Crippen LogP contribution in [0.2, 0.25) is 0 Å². The van der Waals surface area contributed by atoms with E-state index in [-0.39, 0.29) is 5.75 Å². The molecule has 1 heterocycles. The van der Waals surface area contributed by atoms with Crippen molar-refractivity contribution in [2.24, 2.45) is 0 Å². The summed E-state index contributed by atoms with van der Waals surface area (Å²) in [4.78, 5) is 0. The third-order valence-corrected chi connectivity index (χ3v) is 3.09. The Labute approximate surface area is 121 Å². The summed E-state index contributed by atoms with van der Waals surface area (Å²) in [7, 11) is 0. The number of aromatic nitrogens is 2. The van der Waals surface area contributed by atoms with Crippen molar-refractivity contribution in [1.82, 2.24) is 9.78 Å². The van der Waals surface area contributed by atoms with Gasteiger partial charge in [-0.1, -0.05) is 18.2 Å². The number of benzene rings is 2. The zero-order valence-electron chi connectivity index (χ0n) is 11.2. The van der Waals surface area contributed by atoms with Gasteiger partial charge in [0.15, 0.2) is 11.6 Å². The van der Waals surface area contributed by atoms with Gasteiger partial charge in [0.2, 0.25) is 0 Å². The quantitative estimate of drug-likeness (QED) is 0.722. The first-order chi connectivity index (χ1) is 10.2. The maximum absolute atomic E-state index is 13.2. The van der Waals surface area contributed by atoms with E-state index < -0.39 is 5.82 Å². The number of hydrogen-bond donors (Lipinski definition) is 2. The Balaban J connectivity index is 1.69. The van der Waals surface area contributed by atoms with Crippen molar-refractivity contribution >= 4 is 5.69 Å². The molecular weight excluding hydrogens is 269 g/mol. The SMILES string of the molecule is Oc1ccc(NCc2ccn(-c3ccccc3)n2)cc1F. The van der Waals surface area contributed by atoms with Crippen LogP contribution in [0.25, 0.3) is 5.69 Å². The number of phenols is 1. The van der Waals surface area contributed by atoms with E-state index in [4.69, 9.17) is 5.11 Å². The summed E-state index contributed by atoms with van der Waals surface area (Å²) in [5.41, 5.74) is 2.42. The van der Waals surface area contributed by atoms with Crippen LogP contribution < -0.4 is 5.32 Å². The van der Waals surface area contributed by atoms with Gasteiger partial charge in [0, 0.05) is 18.0 Å². The third kappa shape index (κ3) is 3.02. The molecule has 0 aliphatic carbocycles. The van der Waals surface area contributed by atoms with Crippen molar-refractivity contribution in [2.45, 2.75) is 6.54 Å². The summed E-state index contributed by atoms with van der Waals surface area (Å²) in [5.74, 6) is -0.997. The molecular formula is C16H14FN3O. The molecule has 4 nitrogen and oxygen atoms in total. The molecule has 21 heavy (non-hydrogen) atoms. The second-order valence-electron chi connectivity index (χ2n) is 4.61. The fraction of sp³-hybridized carbons (Fsp3) is 0.0625. The fourth-order valence-corrected chi connectivity index (χ4v) is 1.99. The minimum Gasteiger partial charge on any atom is -0.505 e. The summed E-state index contributed by atoms with van der Waals surface area (Å²) < 4.78 is 15.0. The van der Waals surface area contributed by atoms with Crippen molar-refractivity contribution in [2.75, 3.05) is 5.32 Å². The van der Waals surface area contributed by atoms with E-state index in [1.165, 1.54) is 12.1 Å². The van der Waals surface area contributed by atoms with E-state index >= 15 is 0 Å². The largest absolute Gasteiger partial charge is 0.505 e. The van der Waals surface area contributed by atoms with E-state index in [2.05, 4.69) is 10.4 Å². The molecule has 0 spiro atoms. The maximum atomic E-state index is 13.2. The number of halogens is 1. The molecule has 0 saturated heterocycles. The number of aromatic hydroxyl groups is 1. The Morgan fingerprint density at radius 1 is 1.10 bits per heavy atom. The molecule has 0 bridgehead atoms. The molecule has 5 heteroatoms. The van der Waals surface area contributed by atoms with Gasteiger partial charge in [0.25, 0.3) is 0 Å². The van der Waals surface area contributed by atoms with Gasteiger partial charge in [0.1, 0.15) is 0 Å². The highest BCUT2D eigenvalue weighted by molar-refractivity contribution is 5.47. The van der Waals surface area contributed by atoms with E-state index in [1.807, 2.05) is 42.6 Å². The van der Waals surface area contributed by atoms with Gasteiger partial charge in [-0.05, 0) is 30.3 Å². The van der Waals surface area contributed by atoms with Crippen LogP contribution in [-0.4, -0.2) is 14.9 Å². The number of nitrogens with one attached hydrogen (secondary N) is 1. The second kappa shape index (κ2) is 5.66. The first-order valence-electron chi connectivity index (χ1n) is 6.55. The van der Waals surface area contributed by atoms with Crippen molar-refractivity contribution < 1.29 is 9.50 Å². The lowest BCUT2D eigenvalue weighted by molar-refractivity contribution is 0.432. The molecule has 0 aliphatic heterocycles. The zero-order valence-corrected chi connectivity index (χ0v) is 11.2. The number of para-hydroxylation sites is 1. The lowest BCUT2D eigenvalue weighted by Crippen LogP contribution is -2.02. The molecule has 2 aromatic carbocycles. The van der Waals surface area contributed by atoms with Crippen LogP contribution in [0.15, 0.2) is 60.8 Å². The second-order valence-corrected chi connectivity index (χ2v) is 4.61. The third-order valence-electron chi connectivity index (χ3n) is 3.09. The Kier molecular flexibility index (Phi) is 3.55. The number of anilines is 1. The first-order valence-corrected chi connectivity index (χ1v) is 6.55. The Morgan fingerprint density at radius 3 is 2.67 bits per heavy atom. The molecule has 0 aliphatic rings. The molecule has 0 amide bonds. The highest BCUT2D eigenvalue weighted by Crippen LogP contribution is 2.19. The molecule has 2 N–H and O–H groups in total. The molecule has 0 fully saturated rings. The molecule has 0 atom stereocenters. The predicted octanol–water partition coefficient (Wildman–Crippen LogP) is 3.33. The van der Waals surface area contributed by atoms with Gasteiger partial charge in [-0.2, -0.15) is 5.10 Å². The summed E-state index contributed by atoms with van der Waals surface area (Å²) in [6.07, 6.45) is 1.88. The topological polar surface area (TPSA) is 50.1 Å². The lowest BCUT2D eigenvalue weighted by Gasteiger charge is -2.05. The number of rotatable bonds is 4. The van der Waals surface area contributed by atoms with Gasteiger partial charge >= 0.3 is 0 Å². The van der Waals surface area contributed by atoms with E-state index in [0.29, 0.717) is 12.2 Å². The molecule has 1 aromatic heterocycles. The monoisotopic (exact) mass is 283 g/mol. The molecule has 0 unspecified atom stereocenters. The first kappa shape index (κ1) is 13.2. The Hall–Kier alpha value is -2.82. The van der Waals surface area contributed by atoms with Crippen LogP contribution in [0.4, 0.5) is 10.1 Å². The predicted molar refractivity (Wildman–Crippen MR) is 79.0 cm³/mol. The highest BCUT2D eigenvalue weighted by atomic mass is 19.1. The van der Waals surface area contributed by atoms with Gasteiger partial charge in [-0.25, -0.2) is 9.07 Å². The van der Waals surface area contributed by atoms with Crippen molar-refractivity contribution in [1.29, 1.82) is 0 Å². The van der Waals surface area contributed by atoms with Crippen LogP contribution in [0.3, 0.4) is 0 Å². The average molecular weight is 283 g/mol. The minimum absolute atomic E-state index is 0.353. The van der Waals surface area contributed by atoms with Crippen molar-refractivity contribution in [3.8, 4) is 11.4 Å². The molecule has 3 aromatic rings. The van der Waals surface area contributed by atoms with Crippen LogP contribution in [-0.2, 0) is 6.54 Å². The number of hydrogen-bond acceptors (Lipinski definition) is 3. The van der Waals surface area contributed by atoms with Gasteiger partial charge < -0.3 is 10.4 Å². The molecule has 0 saturated carbocycles. The van der Waals surface area contributed by atoms with Crippen molar-refractivity contribution in [3.05, 3.63) is 72.3 Å². The molecule has 3 rings (SSSR count). The fourth-order valence-electron chi connectivity index (χ4n) is 1.99. The highest BCUT2D eigenvalue weighted by Gasteiger charge is 2.03. The minimum atomic E-state index is -0.644. The summed E-state index contributed by atoms with van der Waals surface area (Å²) in [5, 5.41) is 16.7. The summed E-state index contributed by atoms with van der Waals surface area (Å²) in [6.45, 7) is 0.476. The number of nitrogens with zero attached hydrogens (tertiary/aromatic N) is 2. The van der Waals surface area contributed by atoms with Crippen LogP contribution in [0.1, 0.15) is 5.69 Å². The van der Waals surface area contributed by atoms with E-state index in [1.54, 1.807) is 10.7 Å². The van der Waals surface area contributed by atoms with E-state index in [0.717, 1.165) is 11.4 Å². The zero-order chi connectivity index (χ0) is 14.7. The summed E-state index contributed by atoms with van der Waals surface area (Å²) >= 11 is 0. The normalized spacial score (nSPS) is 10.5. The number of phenolic OH excluding ortho intramolecular Hbond substituents is 1. The van der Waals surface area contributed by atoms with Crippen LogP contribution in [0, 0.1) is 5.82 Å². The van der Waals surface area contributed by atoms with Crippen molar-refractivity contribution in [3.63, 3.8) is 0 Å². The Bertz CT molecular complexity index is 740. The van der Waals surface area contributed by atoms with Crippen LogP contribution >= 0.6 is 0 Å². The molecule has 0 radical (unpaired) electrons. The maximum Gasteiger partial charge on any atom is 0.166 e. The van der Waals surface area contributed by atoms with Crippen LogP contribution in [0.5, 0.6) is 5.75 Å². The standard InChI is InChI=1S/C16H14FN3O/c17-15-10-12(6-7-16(15)21)18-11-13-8-9-20(19-13)14-4-2-1-3-5-14/h1-10,18,21H,11H2. The summed E-state index contributed by atoms with van der Waals surface area (Å²) in [6, 6.07) is 15.9. The Morgan fingerprint density at radius 2 is 1.90 bits per heavy atom. The smallest absolute Gasteiger partial charge is 0.166 e. The van der Waals surface area contributed by atoms with E-state index in [9.17, 15) is 4.39 Å². The van der Waals surface area contributed by atoms with Gasteiger partial charge in [-0.15, -0.1) is 0 Å². The van der Waals surface area contributed by atoms with Gasteiger partial charge in [0.05, 0.1) is 17.9 Å². The average Bonchev–Trinajstić information content (AvgIpc) is 2.98.